The summed E-state index contributed by atoms with van der Waals surface area (Å²) in [4.78, 5) is 23.5. The van der Waals surface area contributed by atoms with E-state index in [4.69, 9.17) is 14.6 Å². The lowest BCUT2D eigenvalue weighted by Crippen LogP contribution is -2.46. The number of carbonyl (C=O) groups excluding carboxylic acids is 1. The van der Waals surface area contributed by atoms with E-state index >= 15 is 0 Å². The van der Waals surface area contributed by atoms with Crippen LogP contribution in [0.15, 0.2) is 0 Å². The van der Waals surface area contributed by atoms with Crippen LogP contribution in [0.3, 0.4) is 0 Å². The standard InChI is InChI=1S/C10H17NO5/c1-7(2)16-10(14)11-3-4-15-8(6-11)5-9(12)13/h7-8H,3-6H2,1-2H3,(H,12,13). The maximum Gasteiger partial charge on any atom is 0.410 e. The lowest BCUT2D eigenvalue weighted by atomic mass is 10.2. The summed E-state index contributed by atoms with van der Waals surface area (Å²) in [6, 6.07) is 0. The molecular formula is C10H17NO5. The van der Waals surface area contributed by atoms with Crippen molar-refractivity contribution >= 4 is 12.1 Å². The van der Waals surface area contributed by atoms with Gasteiger partial charge >= 0.3 is 12.1 Å². The maximum atomic E-state index is 11.5. The van der Waals surface area contributed by atoms with E-state index in [1.165, 1.54) is 4.90 Å². The van der Waals surface area contributed by atoms with E-state index in [2.05, 4.69) is 0 Å². The average molecular weight is 231 g/mol. The molecule has 6 nitrogen and oxygen atoms in total. The van der Waals surface area contributed by atoms with Gasteiger partial charge in [-0.2, -0.15) is 0 Å². The van der Waals surface area contributed by atoms with E-state index in [0.29, 0.717) is 13.2 Å². The van der Waals surface area contributed by atoms with Crippen LogP contribution in [0.2, 0.25) is 0 Å². The van der Waals surface area contributed by atoms with E-state index in [-0.39, 0.29) is 19.1 Å². The Hall–Kier alpha value is -1.30. The van der Waals surface area contributed by atoms with Crippen molar-refractivity contribution in [3.63, 3.8) is 0 Å². The number of carboxylic acids is 1. The Morgan fingerprint density at radius 1 is 1.56 bits per heavy atom. The Morgan fingerprint density at radius 2 is 2.25 bits per heavy atom. The zero-order chi connectivity index (χ0) is 12.1. The second kappa shape index (κ2) is 5.69. The highest BCUT2D eigenvalue weighted by molar-refractivity contribution is 5.69. The number of ether oxygens (including phenoxy) is 2. The first-order valence-corrected chi connectivity index (χ1v) is 5.28. The predicted octanol–water partition coefficient (Wildman–Crippen LogP) is 0.707. The fourth-order valence-electron chi connectivity index (χ4n) is 1.48. The van der Waals surface area contributed by atoms with Gasteiger partial charge in [-0.15, -0.1) is 0 Å². The molecule has 0 radical (unpaired) electrons. The molecule has 1 rings (SSSR count). The number of nitrogens with zero attached hydrogens (tertiary/aromatic N) is 1. The first kappa shape index (κ1) is 12.8. The summed E-state index contributed by atoms with van der Waals surface area (Å²) in [7, 11) is 0. The first-order valence-electron chi connectivity index (χ1n) is 5.28. The summed E-state index contributed by atoms with van der Waals surface area (Å²) in [6.45, 7) is 4.62. The van der Waals surface area contributed by atoms with Crippen LogP contribution in [0, 0.1) is 0 Å². The van der Waals surface area contributed by atoms with Gasteiger partial charge in [0.15, 0.2) is 0 Å². The third-order valence-electron chi connectivity index (χ3n) is 2.14. The third kappa shape index (κ3) is 4.06. The van der Waals surface area contributed by atoms with Crippen molar-refractivity contribution in [2.24, 2.45) is 0 Å². The molecule has 1 N–H and O–H groups in total. The van der Waals surface area contributed by atoms with E-state index in [1.807, 2.05) is 0 Å². The van der Waals surface area contributed by atoms with Gasteiger partial charge < -0.3 is 19.5 Å². The summed E-state index contributed by atoms with van der Waals surface area (Å²) in [5.74, 6) is -0.927. The van der Waals surface area contributed by atoms with Gasteiger partial charge in [0.25, 0.3) is 0 Å². The topological polar surface area (TPSA) is 76.1 Å². The van der Waals surface area contributed by atoms with E-state index in [1.54, 1.807) is 13.8 Å². The lowest BCUT2D eigenvalue weighted by Gasteiger charge is -2.32. The van der Waals surface area contributed by atoms with Crippen LogP contribution < -0.4 is 0 Å². The molecule has 92 valence electrons. The first-order chi connectivity index (χ1) is 7.49. The molecule has 0 saturated carbocycles. The van der Waals surface area contributed by atoms with Crippen LogP contribution in [-0.4, -0.2) is 54.0 Å². The van der Waals surface area contributed by atoms with Gasteiger partial charge in [-0.05, 0) is 13.8 Å². The van der Waals surface area contributed by atoms with Crippen LogP contribution in [-0.2, 0) is 14.3 Å². The van der Waals surface area contributed by atoms with Crippen molar-refractivity contribution in [2.75, 3.05) is 19.7 Å². The number of aliphatic carboxylic acids is 1. The van der Waals surface area contributed by atoms with Gasteiger partial charge in [0.1, 0.15) is 0 Å². The van der Waals surface area contributed by atoms with E-state index in [9.17, 15) is 9.59 Å². The van der Waals surface area contributed by atoms with Crippen LogP contribution in [0.1, 0.15) is 20.3 Å². The summed E-state index contributed by atoms with van der Waals surface area (Å²) >= 11 is 0. The van der Waals surface area contributed by atoms with Crippen molar-refractivity contribution in [1.29, 1.82) is 0 Å². The highest BCUT2D eigenvalue weighted by Crippen LogP contribution is 2.10. The van der Waals surface area contributed by atoms with Crippen LogP contribution in [0.4, 0.5) is 4.79 Å². The third-order valence-corrected chi connectivity index (χ3v) is 2.14. The molecule has 6 heteroatoms. The molecule has 0 aliphatic carbocycles. The predicted molar refractivity (Wildman–Crippen MR) is 55.2 cm³/mol. The number of rotatable bonds is 3. The normalized spacial score (nSPS) is 20.9. The summed E-state index contributed by atoms with van der Waals surface area (Å²) in [5, 5.41) is 8.62. The minimum atomic E-state index is -0.927. The molecule has 0 bridgehead atoms. The number of hydrogen-bond acceptors (Lipinski definition) is 4. The number of amides is 1. The second-order valence-corrected chi connectivity index (χ2v) is 3.97. The SMILES string of the molecule is CC(C)OC(=O)N1CCOC(CC(=O)O)C1. The van der Waals surface area contributed by atoms with Gasteiger partial charge in [-0.25, -0.2) is 4.79 Å². The number of morpholine rings is 1. The largest absolute Gasteiger partial charge is 0.481 e. The molecule has 0 spiro atoms. The monoisotopic (exact) mass is 231 g/mol. The average Bonchev–Trinajstić information content (AvgIpc) is 2.16. The van der Waals surface area contributed by atoms with Crippen LogP contribution in [0.25, 0.3) is 0 Å². The summed E-state index contributed by atoms with van der Waals surface area (Å²) in [5.41, 5.74) is 0. The molecule has 1 atom stereocenters. The van der Waals surface area contributed by atoms with Crippen LogP contribution >= 0.6 is 0 Å². The van der Waals surface area contributed by atoms with Gasteiger partial charge in [0.05, 0.1) is 31.8 Å². The van der Waals surface area contributed by atoms with Crippen molar-refractivity contribution in [2.45, 2.75) is 32.5 Å². The molecule has 1 amide bonds. The number of carboxylic acid groups (broad SMARTS) is 1. The minimum absolute atomic E-state index is 0.0918. The van der Waals surface area contributed by atoms with Crippen molar-refractivity contribution in [3.05, 3.63) is 0 Å². The van der Waals surface area contributed by atoms with Gasteiger partial charge in [-0.3, -0.25) is 4.79 Å². The van der Waals surface area contributed by atoms with Crippen molar-refractivity contribution < 1.29 is 24.2 Å². The molecule has 1 saturated heterocycles. The summed E-state index contributed by atoms with van der Waals surface area (Å²) < 4.78 is 10.3. The Kier molecular flexibility index (Phi) is 4.54. The molecule has 16 heavy (non-hydrogen) atoms. The van der Waals surface area contributed by atoms with Crippen molar-refractivity contribution in [1.82, 2.24) is 4.90 Å². The Morgan fingerprint density at radius 3 is 2.81 bits per heavy atom. The molecule has 1 unspecified atom stereocenters. The zero-order valence-corrected chi connectivity index (χ0v) is 9.51. The van der Waals surface area contributed by atoms with Crippen molar-refractivity contribution in [3.8, 4) is 0 Å². The maximum absolute atomic E-state index is 11.5. The zero-order valence-electron chi connectivity index (χ0n) is 9.51. The smallest absolute Gasteiger partial charge is 0.410 e. The number of carbonyl (C=O) groups is 2. The number of hydrogen-bond donors (Lipinski definition) is 1. The lowest BCUT2D eigenvalue weighted by molar-refractivity contribution is -0.141. The van der Waals surface area contributed by atoms with Crippen LogP contribution in [0.5, 0.6) is 0 Å². The van der Waals surface area contributed by atoms with Gasteiger partial charge in [0, 0.05) is 6.54 Å². The molecule has 1 aliphatic heterocycles. The molecule has 1 heterocycles. The fourth-order valence-corrected chi connectivity index (χ4v) is 1.48. The van der Waals surface area contributed by atoms with E-state index < -0.39 is 18.2 Å². The van der Waals surface area contributed by atoms with Gasteiger partial charge in [0.2, 0.25) is 0 Å². The summed E-state index contributed by atoms with van der Waals surface area (Å²) in [6.07, 6.45) is -1.11. The highest BCUT2D eigenvalue weighted by Gasteiger charge is 2.27. The molecular weight excluding hydrogens is 214 g/mol. The van der Waals surface area contributed by atoms with E-state index in [0.717, 1.165) is 0 Å². The van der Waals surface area contributed by atoms with Gasteiger partial charge in [-0.1, -0.05) is 0 Å². The molecule has 0 aromatic rings. The Balaban J connectivity index is 2.43. The molecule has 1 fully saturated rings. The Labute approximate surface area is 94.1 Å². The second-order valence-electron chi connectivity index (χ2n) is 3.97. The molecule has 0 aromatic carbocycles. The highest BCUT2D eigenvalue weighted by atomic mass is 16.6. The minimum Gasteiger partial charge on any atom is -0.481 e. The molecule has 1 aliphatic rings. The fraction of sp³-hybridized carbons (Fsp3) is 0.800. The molecule has 0 aromatic heterocycles. The Bertz CT molecular complexity index is 266. The quantitative estimate of drug-likeness (QED) is 0.774.